The summed E-state index contributed by atoms with van der Waals surface area (Å²) in [6.07, 6.45) is 3.16. The van der Waals surface area contributed by atoms with E-state index in [1.807, 2.05) is 25.1 Å². The van der Waals surface area contributed by atoms with Crippen molar-refractivity contribution >= 4 is 21.6 Å². The van der Waals surface area contributed by atoms with Gasteiger partial charge in [-0.15, -0.1) is 0 Å². The van der Waals surface area contributed by atoms with Crippen LogP contribution in [0.5, 0.6) is 5.75 Å². The molecule has 2 aliphatic rings. The highest BCUT2D eigenvalue weighted by Gasteiger charge is 2.33. The van der Waals surface area contributed by atoms with Crippen molar-refractivity contribution in [2.45, 2.75) is 44.0 Å². The predicted molar refractivity (Wildman–Crippen MR) is 128 cm³/mol. The molecule has 0 aliphatic carbocycles. The molecule has 3 aromatic rings. The molecular weight excluding hydrogens is 468 g/mol. The minimum atomic E-state index is -3.72. The van der Waals surface area contributed by atoms with Crippen LogP contribution in [0.15, 0.2) is 57.9 Å². The molecule has 5 rings (SSSR count). The minimum Gasteiger partial charge on any atom is -0.482 e. The summed E-state index contributed by atoms with van der Waals surface area (Å²) in [7, 11) is -3.72. The Labute approximate surface area is 204 Å². The van der Waals surface area contributed by atoms with Crippen molar-refractivity contribution in [3.8, 4) is 5.75 Å². The van der Waals surface area contributed by atoms with Gasteiger partial charge in [-0.1, -0.05) is 42.4 Å². The maximum Gasteiger partial charge on any atom is 0.265 e. The number of hydrogen-bond acceptors (Lipinski definition) is 7. The normalized spacial score (nSPS) is 17.3. The summed E-state index contributed by atoms with van der Waals surface area (Å²) in [4.78, 5) is 18.5. The van der Waals surface area contributed by atoms with Gasteiger partial charge in [0.15, 0.2) is 12.4 Å². The summed E-state index contributed by atoms with van der Waals surface area (Å²) in [6.45, 7) is 2.78. The second-order valence-electron chi connectivity index (χ2n) is 8.89. The first-order valence-electron chi connectivity index (χ1n) is 11.9. The molecule has 0 N–H and O–H groups in total. The molecule has 0 radical (unpaired) electrons. The van der Waals surface area contributed by atoms with Gasteiger partial charge in [0.25, 0.3) is 5.91 Å². The van der Waals surface area contributed by atoms with Gasteiger partial charge in [0.1, 0.15) is 5.75 Å². The van der Waals surface area contributed by atoms with E-state index in [1.54, 1.807) is 16.4 Å². The van der Waals surface area contributed by atoms with E-state index in [0.29, 0.717) is 48.6 Å². The molecule has 10 heteroatoms. The highest BCUT2D eigenvalue weighted by atomic mass is 32.2. The molecule has 0 atom stereocenters. The van der Waals surface area contributed by atoms with Crippen molar-refractivity contribution in [2.75, 3.05) is 24.6 Å². The van der Waals surface area contributed by atoms with Crippen molar-refractivity contribution in [1.29, 1.82) is 0 Å². The molecule has 1 aromatic heterocycles. The molecule has 0 unspecified atom stereocenters. The average Bonchev–Trinajstić information content (AvgIpc) is 3.34. The molecule has 1 fully saturated rings. The zero-order valence-electron chi connectivity index (χ0n) is 19.6. The van der Waals surface area contributed by atoms with Crippen molar-refractivity contribution in [2.24, 2.45) is 5.92 Å². The van der Waals surface area contributed by atoms with E-state index in [-0.39, 0.29) is 24.0 Å². The van der Waals surface area contributed by atoms with Gasteiger partial charge in [-0.25, -0.2) is 8.42 Å². The molecule has 0 saturated carbocycles. The van der Waals surface area contributed by atoms with E-state index in [9.17, 15) is 13.2 Å². The Morgan fingerprint density at radius 2 is 1.86 bits per heavy atom. The van der Waals surface area contributed by atoms with Crippen molar-refractivity contribution < 1.29 is 22.5 Å². The number of ether oxygens (including phenoxy) is 1. The number of piperidine rings is 1. The molecule has 9 nitrogen and oxygen atoms in total. The lowest BCUT2D eigenvalue weighted by atomic mass is 9.91. The Kier molecular flexibility index (Phi) is 6.57. The number of hydrogen-bond donors (Lipinski definition) is 0. The zero-order chi connectivity index (χ0) is 24.4. The van der Waals surface area contributed by atoms with E-state index in [2.05, 4.69) is 22.3 Å². The lowest BCUT2D eigenvalue weighted by Gasteiger charge is -2.32. The van der Waals surface area contributed by atoms with Gasteiger partial charge in [-0.2, -0.15) is 9.29 Å². The first-order valence-corrected chi connectivity index (χ1v) is 13.3. The van der Waals surface area contributed by atoms with Crippen LogP contribution >= 0.6 is 0 Å². The number of aryl methyl sites for hydroxylation is 1. The fourth-order valence-electron chi connectivity index (χ4n) is 4.61. The average molecular weight is 497 g/mol. The van der Waals surface area contributed by atoms with Crippen LogP contribution in [0, 0.1) is 5.92 Å². The van der Waals surface area contributed by atoms with Crippen LogP contribution in [-0.2, 0) is 34.2 Å². The lowest BCUT2D eigenvalue weighted by Crippen LogP contribution is -2.40. The predicted octanol–water partition coefficient (Wildman–Crippen LogP) is 3.20. The number of benzene rings is 2. The van der Waals surface area contributed by atoms with Gasteiger partial charge in [0.2, 0.25) is 15.9 Å². The summed E-state index contributed by atoms with van der Waals surface area (Å²) in [5.41, 5.74) is 1.67. The quantitative estimate of drug-likeness (QED) is 0.494. The molecule has 2 aliphatic heterocycles. The van der Waals surface area contributed by atoms with E-state index in [4.69, 9.17) is 9.26 Å². The molecule has 1 amide bonds. The second kappa shape index (κ2) is 9.79. The molecule has 2 aromatic carbocycles. The number of carbonyl (C=O) groups excluding carboxylic acids is 1. The van der Waals surface area contributed by atoms with E-state index in [1.165, 1.54) is 16.5 Å². The third-order valence-electron chi connectivity index (χ3n) is 6.56. The lowest BCUT2D eigenvalue weighted by molar-refractivity contribution is -0.121. The number of nitrogens with zero attached hydrogens (tertiary/aromatic N) is 4. The molecular formula is C25H28N4O5S. The first-order chi connectivity index (χ1) is 16.9. The van der Waals surface area contributed by atoms with E-state index >= 15 is 0 Å². The topological polar surface area (TPSA) is 106 Å². The van der Waals surface area contributed by atoms with Gasteiger partial charge in [-0.3, -0.25) is 9.69 Å². The Morgan fingerprint density at radius 1 is 1.09 bits per heavy atom. The molecule has 35 heavy (non-hydrogen) atoms. The smallest absolute Gasteiger partial charge is 0.265 e. The summed E-state index contributed by atoms with van der Waals surface area (Å²) in [6, 6.07) is 15.0. The molecule has 0 spiro atoms. The van der Waals surface area contributed by atoms with Crippen LogP contribution in [-0.4, -0.2) is 48.5 Å². The van der Waals surface area contributed by atoms with Crippen molar-refractivity contribution in [1.82, 2.24) is 14.4 Å². The Bertz CT molecular complexity index is 1300. The number of anilines is 1. The van der Waals surface area contributed by atoms with Crippen LogP contribution in [0.25, 0.3) is 0 Å². The summed E-state index contributed by atoms with van der Waals surface area (Å²) < 4.78 is 39.2. The van der Waals surface area contributed by atoms with Gasteiger partial charge in [-0.05, 0) is 48.9 Å². The monoisotopic (exact) mass is 496 g/mol. The fourth-order valence-corrected chi connectivity index (χ4v) is 6.10. The molecule has 3 heterocycles. The Morgan fingerprint density at radius 3 is 2.57 bits per heavy atom. The highest BCUT2D eigenvalue weighted by molar-refractivity contribution is 7.89. The van der Waals surface area contributed by atoms with Crippen LogP contribution in [0.4, 0.5) is 5.69 Å². The maximum absolute atomic E-state index is 13.5. The zero-order valence-corrected chi connectivity index (χ0v) is 20.4. The van der Waals surface area contributed by atoms with Crippen LogP contribution in [0.2, 0.25) is 0 Å². The number of carbonyl (C=O) groups is 1. The number of aromatic nitrogens is 2. The van der Waals surface area contributed by atoms with E-state index in [0.717, 1.165) is 19.3 Å². The fraction of sp³-hybridized carbons (Fsp3) is 0.400. The summed E-state index contributed by atoms with van der Waals surface area (Å²) >= 11 is 0. The Balaban J connectivity index is 1.33. The third-order valence-corrected chi connectivity index (χ3v) is 8.46. The molecule has 1 saturated heterocycles. The van der Waals surface area contributed by atoms with Gasteiger partial charge in [0, 0.05) is 19.5 Å². The Hall–Kier alpha value is -3.24. The van der Waals surface area contributed by atoms with Crippen LogP contribution in [0.3, 0.4) is 0 Å². The number of rotatable bonds is 7. The van der Waals surface area contributed by atoms with Gasteiger partial charge < -0.3 is 9.26 Å². The second-order valence-corrected chi connectivity index (χ2v) is 10.8. The summed E-state index contributed by atoms with van der Waals surface area (Å²) in [5.74, 6) is 1.45. The van der Waals surface area contributed by atoms with Gasteiger partial charge in [0.05, 0.1) is 17.1 Å². The standard InChI is InChI=1S/C25H28N4O5S/c1-2-24-26-23(27-34-24)16-29-21-15-20(8-9-22(21)33-17-25(29)30)35(31,32)28-12-10-19(11-13-28)14-18-6-4-3-5-7-18/h3-9,15,19H,2,10-14,16-17H2,1H3. The van der Waals surface area contributed by atoms with Crippen molar-refractivity contribution in [3.63, 3.8) is 0 Å². The van der Waals surface area contributed by atoms with Crippen molar-refractivity contribution in [3.05, 3.63) is 65.8 Å². The first kappa shape index (κ1) is 23.5. The largest absolute Gasteiger partial charge is 0.482 e. The van der Waals surface area contributed by atoms with Crippen LogP contribution < -0.4 is 9.64 Å². The van der Waals surface area contributed by atoms with Gasteiger partial charge >= 0.3 is 0 Å². The van der Waals surface area contributed by atoms with E-state index < -0.39 is 10.0 Å². The third kappa shape index (κ3) is 4.94. The molecule has 0 bridgehead atoms. The maximum atomic E-state index is 13.5. The highest BCUT2D eigenvalue weighted by Crippen LogP contribution is 2.36. The number of fused-ring (bicyclic) bond motifs is 1. The molecule has 184 valence electrons. The minimum absolute atomic E-state index is 0.0765. The summed E-state index contributed by atoms with van der Waals surface area (Å²) in [5, 5.41) is 3.92. The SMILES string of the molecule is CCc1nc(CN2C(=O)COc3ccc(S(=O)(=O)N4CCC(Cc5ccccc5)CC4)cc32)no1. The number of sulfonamides is 1. The van der Waals surface area contributed by atoms with Crippen LogP contribution in [0.1, 0.15) is 37.0 Å². The number of amides is 1.